The fraction of sp³-hybridized carbons (Fsp3) is 0.953. The Hall–Kier alpha value is -0.860. The molecule has 46 heavy (non-hydrogen) atoms. The smallest absolute Gasteiger partial charge is 0.220 e. The van der Waals surface area contributed by atoms with Gasteiger partial charge in [0.2, 0.25) is 5.91 Å². The van der Waals surface area contributed by atoms with E-state index >= 15 is 0 Å². The van der Waals surface area contributed by atoms with E-state index in [1.54, 1.807) is 0 Å². The molecule has 1 N–H and O–H groups in total. The van der Waals surface area contributed by atoms with Crippen LogP contribution in [0.3, 0.4) is 0 Å². The fourth-order valence-electron chi connectivity index (χ4n) is 7.67. The molecule has 0 spiro atoms. The molecule has 1 saturated carbocycles. The highest BCUT2D eigenvalue weighted by Gasteiger charge is 2.28. The molecule has 0 heterocycles. The van der Waals surface area contributed by atoms with Gasteiger partial charge in [-0.25, -0.2) is 0 Å². The lowest BCUT2D eigenvalue weighted by Crippen LogP contribution is -2.42. The molecule has 0 saturated heterocycles. The second-order valence-corrected chi connectivity index (χ2v) is 15.4. The zero-order chi connectivity index (χ0) is 33.2. The summed E-state index contributed by atoms with van der Waals surface area (Å²) in [6.07, 6.45) is 47.3. The van der Waals surface area contributed by atoms with E-state index in [0.717, 1.165) is 32.1 Å². The Morgan fingerprint density at radius 2 is 0.761 bits per heavy atom. The summed E-state index contributed by atoms with van der Waals surface area (Å²) in [6, 6.07) is 0.225. The number of hydrogen-bond acceptors (Lipinski definition) is 2. The molecule has 0 aromatic heterocycles. The maximum Gasteiger partial charge on any atom is 0.220 e. The highest BCUT2D eigenvalue weighted by Crippen LogP contribution is 2.28. The quantitative estimate of drug-likeness (QED) is 0.0697. The van der Waals surface area contributed by atoms with Crippen molar-refractivity contribution in [2.45, 2.75) is 257 Å². The molecule has 0 aliphatic heterocycles. The van der Waals surface area contributed by atoms with E-state index in [0.29, 0.717) is 24.5 Å². The molecule has 0 radical (unpaired) electrons. The Morgan fingerprint density at radius 3 is 1.15 bits per heavy atom. The zero-order valence-corrected chi connectivity index (χ0v) is 31.6. The summed E-state index contributed by atoms with van der Waals surface area (Å²) in [6.45, 7) is 4.58. The molecular formula is C43H83NO2. The topological polar surface area (TPSA) is 46.2 Å². The van der Waals surface area contributed by atoms with E-state index in [1.807, 2.05) is 0 Å². The first-order valence-electron chi connectivity index (χ1n) is 21.5. The minimum Gasteiger partial charge on any atom is -0.353 e. The third kappa shape index (κ3) is 28.2. The predicted molar refractivity (Wildman–Crippen MR) is 203 cm³/mol. The standard InChI is InChI=1S/C43H83NO2/c1-3-5-7-9-11-13-15-17-19-21-23-25-27-29-31-36-41(45)39-40-35-33-34-37-42(40)44-43(46)38-32-30-28-26-24-22-20-18-16-14-12-10-8-6-4-2/h40,42H,3-39H2,1-2H3,(H,44,46)/t40-,42+/m0/s1. The first-order chi connectivity index (χ1) is 22.7. The second-order valence-electron chi connectivity index (χ2n) is 15.4. The first kappa shape index (κ1) is 43.2. The van der Waals surface area contributed by atoms with Crippen molar-refractivity contribution in [3.8, 4) is 0 Å². The lowest BCUT2D eigenvalue weighted by Gasteiger charge is -2.32. The van der Waals surface area contributed by atoms with Crippen LogP contribution in [0.1, 0.15) is 251 Å². The van der Waals surface area contributed by atoms with Crippen LogP contribution in [-0.4, -0.2) is 17.7 Å². The van der Waals surface area contributed by atoms with E-state index in [4.69, 9.17) is 0 Å². The number of unbranched alkanes of at least 4 members (excludes halogenated alkanes) is 28. The van der Waals surface area contributed by atoms with Crippen molar-refractivity contribution in [1.82, 2.24) is 5.32 Å². The Morgan fingerprint density at radius 1 is 0.435 bits per heavy atom. The van der Waals surface area contributed by atoms with Crippen LogP contribution in [0, 0.1) is 5.92 Å². The van der Waals surface area contributed by atoms with Gasteiger partial charge in [0, 0.05) is 25.3 Å². The third-order valence-corrected chi connectivity index (χ3v) is 10.8. The Kier molecular flexibility index (Phi) is 31.9. The van der Waals surface area contributed by atoms with Crippen molar-refractivity contribution < 1.29 is 9.59 Å². The van der Waals surface area contributed by atoms with Crippen LogP contribution in [0.5, 0.6) is 0 Å². The van der Waals surface area contributed by atoms with Gasteiger partial charge in [-0.15, -0.1) is 0 Å². The Labute approximate surface area is 289 Å². The normalized spacial score (nSPS) is 16.6. The number of carbonyl (C=O) groups is 2. The highest BCUT2D eigenvalue weighted by atomic mass is 16.1. The van der Waals surface area contributed by atoms with Crippen molar-refractivity contribution in [1.29, 1.82) is 0 Å². The molecule has 0 aromatic rings. The van der Waals surface area contributed by atoms with Crippen molar-refractivity contribution >= 4 is 11.7 Å². The van der Waals surface area contributed by atoms with Crippen molar-refractivity contribution in [3.63, 3.8) is 0 Å². The minimum absolute atomic E-state index is 0.224. The largest absolute Gasteiger partial charge is 0.353 e. The number of rotatable bonds is 35. The van der Waals surface area contributed by atoms with Crippen molar-refractivity contribution in [2.75, 3.05) is 0 Å². The minimum atomic E-state index is 0.224. The molecule has 0 bridgehead atoms. The molecule has 1 rings (SSSR count). The molecule has 0 unspecified atom stereocenters. The van der Waals surface area contributed by atoms with E-state index in [1.165, 1.54) is 193 Å². The summed E-state index contributed by atoms with van der Waals surface area (Å²) in [5, 5.41) is 3.35. The van der Waals surface area contributed by atoms with Crippen LogP contribution in [0.2, 0.25) is 0 Å². The number of Topliss-reactive ketones (excluding diaryl/α,β-unsaturated/α-hetero) is 1. The maximum atomic E-state index is 12.8. The molecule has 272 valence electrons. The summed E-state index contributed by atoms with van der Waals surface area (Å²) in [7, 11) is 0. The SMILES string of the molecule is CCCCCCCCCCCCCCCCCC(=O)C[C@@H]1CCCC[C@H]1NC(=O)CCCCCCCCCCCCCCCCC. The third-order valence-electron chi connectivity index (χ3n) is 10.8. The number of nitrogens with one attached hydrogen (secondary N) is 1. The van der Waals surface area contributed by atoms with E-state index in [2.05, 4.69) is 19.2 Å². The summed E-state index contributed by atoms with van der Waals surface area (Å²) in [5.74, 6) is 1.02. The Bertz CT molecular complexity index is 605. The highest BCUT2D eigenvalue weighted by molar-refractivity contribution is 5.79. The van der Waals surface area contributed by atoms with Crippen molar-refractivity contribution in [2.24, 2.45) is 5.92 Å². The number of hydrogen-bond donors (Lipinski definition) is 1. The number of amides is 1. The number of carbonyl (C=O) groups excluding carboxylic acids is 2. The molecular weight excluding hydrogens is 562 g/mol. The summed E-state index contributed by atoms with van der Waals surface area (Å²) >= 11 is 0. The van der Waals surface area contributed by atoms with Crippen LogP contribution in [0.15, 0.2) is 0 Å². The van der Waals surface area contributed by atoms with Gasteiger partial charge in [-0.1, -0.05) is 206 Å². The molecule has 2 atom stereocenters. The molecule has 1 aliphatic rings. The van der Waals surface area contributed by atoms with E-state index in [-0.39, 0.29) is 11.9 Å². The lowest BCUT2D eigenvalue weighted by molar-refractivity contribution is -0.124. The average molecular weight is 646 g/mol. The maximum absolute atomic E-state index is 12.8. The van der Waals surface area contributed by atoms with Gasteiger partial charge in [0.25, 0.3) is 0 Å². The molecule has 1 aliphatic carbocycles. The molecule has 3 nitrogen and oxygen atoms in total. The monoisotopic (exact) mass is 646 g/mol. The van der Waals surface area contributed by atoms with Crippen LogP contribution in [0.4, 0.5) is 0 Å². The first-order valence-corrected chi connectivity index (χ1v) is 21.5. The number of ketones is 1. The van der Waals surface area contributed by atoms with Gasteiger partial charge in [-0.2, -0.15) is 0 Å². The van der Waals surface area contributed by atoms with Gasteiger partial charge < -0.3 is 5.32 Å². The van der Waals surface area contributed by atoms with Crippen LogP contribution in [0.25, 0.3) is 0 Å². The predicted octanol–water partition coefficient (Wildman–Crippen LogP) is 14.1. The summed E-state index contributed by atoms with van der Waals surface area (Å²) < 4.78 is 0. The molecule has 1 amide bonds. The van der Waals surface area contributed by atoms with Crippen LogP contribution in [-0.2, 0) is 9.59 Å². The van der Waals surface area contributed by atoms with Crippen LogP contribution < -0.4 is 5.32 Å². The van der Waals surface area contributed by atoms with E-state index < -0.39 is 0 Å². The lowest BCUT2D eigenvalue weighted by atomic mass is 9.80. The van der Waals surface area contributed by atoms with Crippen molar-refractivity contribution in [3.05, 3.63) is 0 Å². The average Bonchev–Trinajstić information content (AvgIpc) is 3.05. The molecule has 0 aromatic carbocycles. The summed E-state index contributed by atoms with van der Waals surface area (Å²) in [5.41, 5.74) is 0. The van der Waals surface area contributed by atoms with Gasteiger partial charge in [-0.3, -0.25) is 9.59 Å². The molecule has 3 heteroatoms. The van der Waals surface area contributed by atoms with Crippen LogP contribution >= 0.6 is 0 Å². The van der Waals surface area contributed by atoms with Gasteiger partial charge >= 0.3 is 0 Å². The second kappa shape index (κ2) is 34.0. The fourth-order valence-corrected chi connectivity index (χ4v) is 7.67. The zero-order valence-electron chi connectivity index (χ0n) is 31.6. The van der Waals surface area contributed by atoms with Gasteiger partial charge in [0.1, 0.15) is 5.78 Å². The van der Waals surface area contributed by atoms with E-state index in [9.17, 15) is 9.59 Å². The summed E-state index contributed by atoms with van der Waals surface area (Å²) in [4.78, 5) is 25.5. The Balaban J connectivity index is 1.96. The van der Waals surface area contributed by atoms with Gasteiger partial charge in [0.05, 0.1) is 0 Å². The van der Waals surface area contributed by atoms with Gasteiger partial charge in [0.15, 0.2) is 0 Å². The van der Waals surface area contributed by atoms with Gasteiger partial charge in [-0.05, 0) is 31.6 Å². The molecule has 1 fully saturated rings.